The zero-order valence-corrected chi connectivity index (χ0v) is 49.1. The highest BCUT2D eigenvalue weighted by molar-refractivity contribution is 6.12. The molecule has 0 atom stereocenters. The van der Waals surface area contributed by atoms with Crippen molar-refractivity contribution in [3.05, 3.63) is 170 Å². The highest BCUT2D eigenvalue weighted by atomic mass is 15.1. The normalized spacial score (nSPS) is 12.2. The van der Waals surface area contributed by atoms with Gasteiger partial charge in [-0.3, -0.25) is 0 Å². The van der Waals surface area contributed by atoms with Gasteiger partial charge >= 0.3 is 0 Å². The highest BCUT2D eigenvalue weighted by Gasteiger charge is 2.28. The van der Waals surface area contributed by atoms with Crippen LogP contribution >= 0.6 is 0 Å². The Balaban J connectivity index is 1.01. The molecule has 0 radical (unpaired) electrons. The number of H-pyrrole nitrogens is 2. The number of nitrogens with one attached hydrogen (secondary N) is 2. The number of aryl methyl sites for hydroxylation is 4. The number of aromatic nitrogens is 16. The molecule has 0 fully saturated rings. The highest BCUT2D eigenvalue weighted by Crippen LogP contribution is 2.43. The van der Waals surface area contributed by atoms with E-state index in [1.54, 1.807) is 0 Å². The molecule has 0 saturated carbocycles. The summed E-state index contributed by atoms with van der Waals surface area (Å²) in [5, 5.41) is 3.40. The van der Waals surface area contributed by atoms with Crippen molar-refractivity contribution < 1.29 is 0 Å². The number of fused-ring (bicyclic) bond motifs is 24. The number of benzene rings is 8. The first-order chi connectivity index (χ1) is 43.4. The lowest BCUT2D eigenvalue weighted by Gasteiger charge is -2.08. The van der Waals surface area contributed by atoms with E-state index in [2.05, 4.69) is 202 Å². The van der Waals surface area contributed by atoms with E-state index in [9.17, 15) is 0 Å². The van der Waals surface area contributed by atoms with Gasteiger partial charge in [-0.1, -0.05) is 149 Å². The lowest BCUT2D eigenvalue weighted by Crippen LogP contribution is -1.99. The molecule has 2 N–H and O–H groups in total. The van der Waals surface area contributed by atoms with Crippen LogP contribution in [0.1, 0.15) is 53.4 Å². The molecule has 16 heteroatoms. The molecule has 15 aromatic rings. The van der Waals surface area contributed by atoms with Gasteiger partial charge < -0.3 is 28.2 Å². The lowest BCUT2D eigenvalue weighted by atomic mass is 10.1. The van der Waals surface area contributed by atoms with Crippen LogP contribution in [0.5, 0.6) is 0 Å². The van der Waals surface area contributed by atoms with Crippen molar-refractivity contribution in [3.8, 4) is 91.1 Å². The minimum Gasteiger partial charge on any atom is -0.324 e. The van der Waals surface area contributed by atoms with Crippen LogP contribution in [0.3, 0.4) is 0 Å². The van der Waals surface area contributed by atoms with Crippen molar-refractivity contribution in [1.29, 1.82) is 0 Å². The van der Waals surface area contributed by atoms with Gasteiger partial charge in [0.05, 0.1) is 44.1 Å². The SMILES string of the molecule is CCCn1c(-c2ccccc2)nc2cc3c(cc21)-c1nc-3nc2[nH]c(nc3nc(nc4[nH]c(n1)c1cc5nc(-c6ccccc6)n(CCC)c5cc41)-c1cc4nc(-c5ccccc5)n(CCC)c4cc1-3)c1cc3nc(-c4ccccc4)n(CCC)c3cc21. The second kappa shape index (κ2) is 20.3. The zero-order chi connectivity index (χ0) is 58.7. The molecule has 2 aliphatic heterocycles. The third-order valence-electron chi connectivity index (χ3n) is 17.2. The van der Waals surface area contributed by atoms with Crippen molar-refractivity contribution in [3.63, 3.8) is 0 Å². The largest absolute Gasteiger partial charge is 0.324 e. The van der Waals surface area contributed by atoms with Crippen LogP contribution < -0.4 is 0 Å². The van der Waals surface area contributed by atoms with E-state index >= 15 is 0 Å². The van der Waals surface area contributed by atoms with Crippen LogP contribution in [0.2, 0.25) is 0 Å². The molecule has 0 spiro atoms. The molecule has 0 amide bonds. The first kappa shape index (κ1) is 51.4. The van der Waals surface area contributed by atoms with Gasteiger partial charge in [-0.05, 0) is 74.2 Å². The van der Waals surface area contributed by atoms with Crippen LogP contribution in [-0.2, 0) is 26.2 Å². The summed E-state index contributed by atoms with van der Waals surface area (Å²) in [4.78, 5) is 62.3. The zero-order valence-electron chi connectivity index (χ0n) is 49.1. The molecule has 8 bridgehead atoms. The van der Waals surface area contributed by atoms with Gasteiger partial charge in [-0.25, -0.2) is 49.8 Å². The number of aromatic amines is 2. The van der Waals surface area contributed by atoms with Gasteiger partial charge in [0.2, 0.25) is 0 Å². The third-order valence-corrected chi connectivity index (χ3v) is 17.2. The van der Waals surface area contributed by atoms with Crippen molar-refractivity contribution in [2.45, 2.75) is 79.6 Å². The standard InChI is InChI=1S/C72H58N16/c1-5-29-85-57-37-49-45(33-53(57)73-69(85)41-21-13-9-14-22-41)61-77-65(49)81-62-46-34-54-58(86(30-6-2)70(74-54)42-23-15-10-16-24-42)38-50(46)67(78-62)83-64-48-36-56-60(88(32-8-4)72(76-56)44-27-19-12-20-28-44)40-52(48)68(80-64)84-63-47-35-55-59(39-51(47)66(79-63)82-61)87(31-7-3)71(75-55)43-25-17-11-18-26-43/h9-28,33-40H,5-8,29-32H2,1-4H3,(H2,77,78,79,80,81,82,83,84). The van der Waals surface area contributed by atoms with E-state index in [0.717, 1.165) is 185 Å². The van der Waals surface area contributed by atoms with Crippen molar-refractivity contribution in [2.75, 3.05) is 0 Å². The molecule has 426 valence electrons. The summed E-state index contributed by atoms with van der Waals surface area (Å²) < 4.78 is 9.28. The minimum absolute atomic E-state index is 0.491. The summed E-state index contributed by atoms with van der Waals surface area (Å²) in [6, 6.07) is 59.1. The Labute approximate surface area is 504 Å². The monoisotopic (exact) mass is 1150 g/mol. The van der Waals surface area contributed by atoms with Crippen LogP contribution in [0, 0.1) is 0 Å². The third kappa shape index (κ3) is 8.11. The van der Waals surface area contributed by atoms with E-state index < -0.39 is 0 Å². The second-order valence-electron chi connectivity index (χ2n) is 23.0. The molecule has 16 nitrogen and oxygen atoms in total. The Hall–Kier alpha value is -11.0. The Morgan fingerprint density at radius 2 is 0.523 bits per heavy atom. The molecule has 0 saturated heterocycles. The van der Waals surface area contributed by atoms with Gasteiger partial charge in [-0.2, -0.15) is 0 Å². The molecule has 8 aromatic carbocycles. The molecule has 7 aromatic heterocycles. The maximum absolute atomic E-state index is 5.61. The Morgan fingerprint density at radius 3 is 0.807 bits per heavy atom. The number of nitrogens with zero attached hydrogens (tertiary/aromatic N) is 14. The second-order valence-corrected chi connectivity index (χ2v) is 23.0. The van der Waals surface area contributed by atoms with Crippen LogP contribution in [0.25, 0.3) is 179 Å². The smallest absolute Gasteiger partial charge is 0.164 e. The summed E-state index contributed by atoms with van der Waals surface area (Å²) in [5.41, 5.74) is 17.1. The van der Waals surface area contributed by atoms with Gasteiger partial charge in [0.15, 0.2) is 23.3 Å². The molecular weight excluding hydrogens is 1090 g/mol. The summed E-state index contributed by atoms with van der Waals surface area (Å²) in [5.74, 6) is 5.59. The summed E-state index contributed by atoms with van der Waals surface area (Å²) in [7, 11) is 0. The number of hydrogen-bond acceptors (Lipinski definition) is 10. The van der Waals surface area contributed by atoms with Crippen molar-refractivity contribution >= 4 is 88.3 Å². The van der Waals surface area contributed by atoms with Gasteiger partial charge in [0.1, 0.15) is 45.9 Å². The summed E-state index contributed by atoms with van der Waals surface area (Å²) in [6.45, 7) is 11.9. The minimum atomic E-state index is 0.491. The molecule has 0 unspecified atom stereocenters. The average molecular weight is 1150 g/mol. The fourth-order valence-electron chi connectivity index (χ4n) is 13.3. The summed E-state index contributed by atoms with van der Waals surface area (Å²) >= 11 is 0. The number of rotatable bonds is 12. The predicted octanol–water partition coefficient (Wildman–Crippen LogP) is 16.6. The van der Waals surface area contributed by atoms with Crippen LogP contribution in [-0.4, -0.2) is 78.1 Å². The van der Waals surface area contributed by atoms with Crippen LogP contribution in [0.4, 0.5) is 0 Å². The fraction of sp³-hybridized carbons (Fsp3) is 0.167. The number of hydrogen-bond donors (Lipinski definition) is 2. The van der Waals surface area contributed by atoms with Crippen LogP contribution in [0.15, 0.2) is 170 Å². The van der Waals surface area contributed by atoms with Gasteiger partial charge in [-0.15, -0.1) is 0 Å². The Kier molecular flexibility index (Phi) is 11.9. The number of imidazole rings is 4. The molecular formula is C72H58N16. The van der Waals surface area contributed by atoms with E-state index in [-0.39, 0.29) is 0 Å². The topological polar surface area (TPSA) is 180 Å². The Bertz CT molecular complexity index is 5150. The summed E-state index contributed by atoms with van der Waals surface area (Å²) in [6.07, 6.45) is 3.66. The van der Waals surface area contributed by atoms with Gasteiger partial charge in [0, 0.05) is 92.2 Å². The van der Waals surface area contributed by atoms with E-state index in [1.165, 1.54) is 0 Å². The van der Waals surface area contributed by atoms with E-state index in [4.69, 9.17) is 49.8 Å². The Morgan fingerprint density at radius 1 is 0.273 bits per heavy atom. The first-order valence-corrected chi connectivity index (χ1v) is 30.6. The quantitative estimate of drug-likeness (QED) is 0.119. The van der Waals surface area contributed by atoms with E-state index in [0.29, 0.717) is 45.9 Å². The first-order valence-electron chi connectivity index (χ1n) is 30.6. The molecule has 88 heavy (non-hydrogen) atoms. The maximum Gasteiger partial charge on any atom is 0.164 e. The molecule has 0 aliphatic carbocycles. The lowest BCUT2D eigenvalue weighted by molar-refractivity contribution is 0.704. The van der Waals surface area contributed by atoms with Crippen molar-refractivity contribution in [1.82, 2.24) is 78.1 Å². The maximum atomic E-state index is 5.61. The fourth-order valence-corrected chi connectivity index (χ4v) is 13.3. The predicted molar refractivity (Wildman–Crippen MR) is 352 cm³/mol. The molecule has 2 aliphatic rings. The molecule has 9 heterocycles. The van der Waals surface area contributed by atoms with E-state index in [1.807, 2.05) is 24.3 Å². The van der Waals surface area contributed by atoms with Gasteiger partial charge in [0.25, 0.3) is 0 Å². The molecule has 17 rings (SSSR count). The van der Waals surface area contributed by atoms with Crippen molar-refractivity contribution in [2.24, 2.45) is 0 Å². The average Bonchev–Trinajstić information content (AvgIpc) is 3.03.